The van der Waals surface area contributed by atoms with Gasteiger partial charge in [-0.1, -0.05) is 48.5 Å². The number of hydrogen-bond donors (Lipinski definition) is 1. The fourth-order valence-corrected chi connectivity index (χ4v) is 3.54. The SMILES string of the molecule is CCOc1cc(/C=C2\Cc3ccccc3C2=O)ccc1OCC(=O)Nc1ccccc1. The molecule has 31 heavy (non-hydrogen) atoms. The fourth-order valence-electron chi connectivity index (χ4n) is 3.54. The van der Waals surface area contributed by atoms with Crippen LogP contribution in [-0.2, 0) is 11.2 Å². The van der Waals surface area contributed by atoms with E-state index in [0.717, 1.165) is 22.3 Å². The van der Waals surface area contributed by atoms with Crippen LogP contribution in [0.25, 0.3) is 6.08 Å². The van der Waals surface area contributed by atoms with E-state index in [2.05, 4.69) is 5.32 Å². The van der Waals surface area contributed by atoms with E-state index in [9.17, 15) is 9.59 Å². The van der Waals surface area contributed by atoms with Gasteiger partial charge in [-0.05, 0) is 48.4 Å². The molecule has 4 rings (SSSR count). The average molecular weight is 413 g/mol. The highest BCUT2D eigenvalue weighted by Crippen LogP contribution is 2.32. The van der Waals surface area contributed by atoms with Crippen molar-refractivity contribution in [3.63, 3.8) is 0 Å². The molecule has 1 aliphatic rings. The van der Waals surface area contributed by atoms with Crippen molar-refractivity contribution < 1.29 is 19.1 Å². The molecule has 0 heterocycles. The number of rotatable bonds is 7. The van der Waals surface area contributed by atoms with Crippen molar-refractivity contribution in [3.05, 3.63) is 95.1 Å². The molecule has 0 bridgehead atoms. The normalized spacial score (nSPS) is 13.7. The van der Waals surface area contributed by atoms with E-state index in [0.29, 0.717) is 30.2 Å². The van der Waals surface area contributed by atoms with Gasteiger partial charge in [0.1, 0.15) is 0 Å². The van der Waals surface area contributed by atoms with E-state index in [1.54, 1.807) is 6.07 Å². The molecule has 0 spiro atoms. The van der Waals surface area contributed by atoms with Crippen LogP contribution in [0.4, 0.5) is 5.69 Å². The summed E-state index contributed by atoms with van der Waals surface area (Å²) in [4.78, 5) is 24.8. The first-order chi connectivity index (χ1) is 15.1. The predicted molar refractivity (Wildman–Crippen MR) is 121 cm³/mol. The first-order valence-electron chi connectivity index (χ1n) is 10.2. The molecule has 1 amide bonds. The summed E-state index contributed by atoms with van der Waals surface area (Å²) in [6, 6.07) is 22.3. The van der Waals surface area contributed by atoms with Crippen molar-refractivity contribution >= 4 is 23.5 Å². The lowest BCUT2D eigenvalue weighted by Crippen LogP contribution is -2.20. The zero-order valence-electron chi connectivity index (χ0n) is 17.3. The maximum Gasteiger partial charge on any atom is 0.262 e. The lowest BCUT2D eigenvalue weighted by Gasteiger charge is -2.13. The van der Waals surface area contributed by atoms with Crippen LogP contribution >= 0.6 is 0 Å². The van der Waals surface area contributed by atoms with Crippen molar-refractivity contribution in [1.82, 2.24) is 0 Å². The molecular weight excluding hydrogens is 390 g/mol. The van der Waals surface area contributed by atoms with Gasteiger partial charge in [-0.3, -0.25) is 9.59 Å². The third-order valence-corrected chi connectivity index (χ3v) is 4.96. The number of carbonyl (C=O) groups excluding carboxylic acids is 2. The van der Waals surface area contributed by atoms with E-state index in [-0.39, 0.29) is 18.3 Å². The topological polar surface area (TPSA) is 64.6 Å². The van der Waals surface area contributed by atoms with E-state index < -0.39 is 0 Å². The van der Waals surface area contributed by atoms with Crippen LogP contribution in [0.2, 0.25) is 0 Å². The maximum atomic E-state index is 12.6. The highest BCUT2D eigenvalue weighted by atomic mass is 16.5. The Morgan fingerprint density at radius 2 is 1.74 bits per heavy atom. The zero-order chi connectivity index (χ0) is 21.6. The van der Waals surface area contributed by atoms with Crippen molar-refractivity contribution in [1.29, 1.82) is 0 Å². The quantitative estimate of drug-likeness (QED) is 0.558. The standard InChI is InChI=1S/C26H23NO4/c1-2-30-24-15-18(14-20-16-19-8-6-7-11-22(19)26(20)29)12-13-23(24)31-17-25(28)27-21-9-4-3-5-10-21/h3-15H,2,16-17H2,1H3,(H,27,28)/b20-14+. The van der Waals surface area contributed by atoms with Crippen LogP contribution < -0.4 is 14.8 Å². The summed E-state index contributed by atoms with van der Waals surface area (Å²) in [5.41, 5.74) is 4.13. The summed E-state index contributed by atoms with van der Waals surface area (Å²) >= 11 is 0. The molecule has 3 aromatic carbocycles. The Morgan fingerprint density at radius 3 is 2.52 bits per heavy atom. The van der Waals surface area contributed by atoms with Gasteiger partial charge in [-0.15, -0.1) is 0 Å². The van der Waals surface area contributed by atoms with Gasteiger partial charge in [-0.2, -0.15) is 0 Å². The molecule has 3 aromatic rings. The number of allylic oxidation sites excluding steroid dienone is 1. The Kier molecular flexibility index (Phi) is 6.13. The van der Waals surface area contributed by atoms with Gasteiger partial charge < -0.3 is 14.8 Å². The molecule has 0 aromatic heterocycles. The lowest BCUT2D eigenvalue weighted by molar-refractivity contribution is -0.118. The van der Waals surface area contributed by atoms with Crippen LogP contribution in [0, 0.1) is 0 Å². The Morgan fingerprint density at radius 1 is 0.968 bits per heavy atom. The number of ether oxygens (including phenoxy) is 2. The molecule has 1 N–H and O–H groups in total. The summed E-state index contributed by atoms with van der Waals surface area (Å²) in [6.07, 6.45) is 2.51. The molecule has 0 aliphatic heterocycles. The number of carbonyl (C=O) groups is 2. The number of Topliss-reactive ketones (excluding diaryl/α,β-unsaturated/α-hetero) is 1. The molecule has 0 unspecified atom stereocenters. The maximum absolute atomic E-state index is 12.6. The van der Waals surface area contributed by atoms with Gasteiger partial charge in [-0.25, -0.2) is 0 Å². The Bertz CT molecular complexity index is 1140. The van der Waals surface area contributed by atoms with E-state index in [1.165, 1.54) is 0 Å². The summed E-state index contributed by atoms with van der Waals surface area (Å²) in [5, 5.41) is 2.79. The largest absolute Gasteiger partial charge is 0.490 e. The number of hydrogen-bond acceptors (Lipinski definition) is 4. The second kappa shape index (κ2) is 9.30. The van der Waals surface area contributed by atoms with Gasteiger partial charge in [0, 0.05) is 23.2 Å². The summed E-state index contributed by atoms with van der Waals surface area (Å²) in [6.45, 7) is 2.20. The Balaban J connectivity index is 1.47. The minimum atomic E-state index is -0.255. The Hall–Kier alpha value is -3.86. The van der Waals surface area contributed by atoms with Crippen LogP contribution in [0.1, 0.15) is 28.4 Å². The molecule has 0 saturated heterocycles. The molecule has 5 nitrogen and oxygen atoms in total. The zero-order valence-corrected chi connectivity index (χ0v) is 17.3. The summed E-state index contributed by atoms with van der Waals surface area (Å²) in [7, 11) is 0. The average Bonchev–Trinajstić information content (AvgIpc) is 3.09. The van der Waals surface area contributed by atoms with Crippen LogP contribution in [0.3, 0.4) is 0 Å². The lowest BCUT2D eigenvalue weighted by atomic mass is 10.1. The smallest absolute Gasteiger partial charge is 0.262 e. The number of fused-ring (bicyclic) bond motifs is 1. The van der Waals surface area contributed by atoms with Crippen LogP contribution in [0.5, 0.6) is 11.5 Å². The van der Waals surface area contributed by atoms with Gasteiger partial charge in [0.2, 0.25) is 0 Å². The first kappa shape index (κ1) is 20.4. The number of para-hydroxylation sites is 1. The highest BCUT2D eigenvalue weighted by Gasteiger charge is 2.24. The van der Waals surface area contributed by atoms with E-state index >= 15 is 0 Å². The molecule has 0 saturated carbocycles. The molecule has 156 valence electrons. The van der Waals surface area contributed by atoms with Crippen LogP contribution in [0.15, 0.2) is 78.4 Å². The van der Waals surface area contributed by atoms with Crippen molar-refractivity contribution in [3.8, 4) is 11.5 Å². The van der Waals surface area contributed by atoms with E-state index in [1.807, 2.05) is 79.7 Å². The van der Waals surface area contributed by atoms with Crippen molar-refractivity contribution in [2.45, 2.75) is 13.3 Å². The number of amides is 1. The third kappa shape index (κ3) is 4.83. The van der Waals surface area contributed by atoms with E-state index in [4.69, 9.17) is 9.47 Å². The van der Waals surface area contributed by atoms with Crippen LogP contribution in [-0.4, -0.2) is 24.9 Å². The second-order valence-electron chi connectivity index (χ2n) is 7.17. The molecule has 1 aliphatic carbocycles. The van der Waals surface area contributed by atoms with Gasteiger partial charge in [0.05, 0.1) is 6.61 Å². The summed E-state index contributed by atoms with van der Waals surface area (Å²) in [5.74, 6) is 0.821. The molecule has 5 heteroatoms. The minimum absolute atomic E-state index is 0.0615. The summed E-state index contributed by atoms with van der Waals surface area (Å²) < 4.78 is 11.4. The minimum Gasteiger partial charge on any atom is -0.490 e. The highest BCUT2D eigenvalue weighted by molar-refractivity contribution is 6.15. The molecule has 0 fully saturated rings. The van der Waals surface area contributed by atoms with Gasteiger partial charge >= 0.3 is 0 Å². The molecule has 0 atom stereocenters. The monoisotopic (exact) mass is 413 g/mol. The first-order valence-corrected chi connectivity index (χ1v) is 10.2. The van der Waals surface area contributed by atoms with Gasteiger partial charge in [0.25, 0.3) is 5.91 Å². The van der Waals surface area contributed by atoms with Crippen molar-refractivity contribution in [2.24, 2.45) is 0 Å². The fraction of sp³-hybridized carbons (Fsp3) is 0.154. The molecular formula is C26H23NO4. The van der Waals surface area contributed by atoms with Gasteiger partial charge in [0.15, 0.2) is 23.9 Å². The van der Waals surface area contributed by atoms with Crippen molar-refractivity contribution in [2.75, 3.05) is 18.5 Å². The number of benzene rings is 3. The second-order valence-corrected chi connectivity index (χ2v) is 7.17. The number of nitrogens with one attached hydrogen (secondary N) is 1. The molecule has 0 radical (unpaired) electrons. The number of ketones is 1. The Labute approximate surface area is 181 Å². The third-order valence-electron chi connectivity index (χ3n) is 4.96. The predicted octanol–water partition coefficient (Wildman–Crippen LogP) is 4.93. The number of anilines is 1.